The van der Waals surface area contributed by atoms with Crippen LogP contribution < -0.4 is 5.73 Å². The summed E-state index contributed by atoms with van der Waals surface area (Å²) in [7, 11) is 0. The molecule has 0 fully saturated rings. The smallest absolute Gasteiger partial charge is 0.0994 e. The molecule has 0 aliphatic carbocycles. The number of nitrogens with two attached hydrogens (primary N) is 1. The molecule has 0 aliphatic rings. The van der Waals surface area contributed by atoms with E-state index in [1.807, 2.05) is 41.1 Å². The molecule has 0 saturated heterocycles. The van der Waals surface area contributed by atoms with Crippen LogP contribution in [-0.4, -0.2) is 9.55 Å². The van der Waals surface area contributed by atoms with Crippen LogP contribution in [0.3, 0.4) is 0 Å². The minimum atomic E-state index is 0.0488. The molecule has 1 heterocycles. The molecule has 1 atom stereocenters. The largest absolute Gasteiger partial charge is 0.323 e. The van der Waals surface area contributed by atoms with E-state index in [0.717, 1.165) is 17.8 Å². The standard InChI is InChI=1S/C12H15N3/c1-2-11(13)12-8-14-9-15(12)10-6-4-3-5-7-10/h3-9,11H,2,13H2,1H3/t11-/m1/s1. The van der Waals surface area contributed by atoms with Crippen LogP contribution in [0.4, 0.5) is 0 Å². The molecule has 0 unspecified atom stereocenters. The van der Waals surface area contributed by atoms with Crippen LogP contribution >= 0.6 is 0 Å². The zero-order valence-corrected chi connectivity index (χ0v) is 8.80. The predicted molar refractivity (Wildman–Crippen MR) is 60.8 cm³/mol. The van der Waals surface area contributed by atoms with Crippen molar-refractivity contribution in [2.75, 3.05) is 0 Å². The van der Waals surface area contributed by atoms with Crippen molar-refractivity contribution in [2.45, 2.75) is 19.4 Å². The average molecular weight is 201 g/mol. The van der Waals surface area contributed by atoms with Crippen molar-refractivity contribution in [1.29, 1.82) is 0 Å². The van der Waals surface area contributed by atoms with E-state index in [1.165, 1.54) is 0 Å². The van der Waals surface area contributed by atoms with Crippen LogP contribution in [0.1, 0.15) is 25.1 Å². The molecule has 3 heteroatoms. The molecule has 0 saturated carbocycles. The second-order valence-corrected chi connectivity index (χ2v) is 3.54. The Kier molecular flexibility index (Phi) is 2.83. The van der Waals surface area contributed by atoms with Gasteiger partial charge in [0.2, 0.25) is 0 Å². The molecular weight excluding hydrogens is 186 g/mol. The molecule has 0 aliphatic heterocycles. The lowest BCUT2D eigenvalue weighted by Gasteiger charge is -2.12. The quantitative estimate of drug-likeness (QED) is 0.828. The second-order valence-electron chi connectivity index (χ2n) is 3.54. The Labute approximate surface area is 89.6 Å². The highest BCUT2D eigenvalue weighted by Gasteiger charge is 2.09. The zero-order chi connectivity index (χ0) is 10.7. The van der Waals surface area contributed by atoms with Crippen molar-refractivity contribution < 1.29 is 0 Å². The van der Waals surface area contributed by atoms with Gasteiger partial charge >= 0.3 is 0 Å². The van der Waals surface area contributed by atoms with Crippen LogP contribution in [-0.2, 0) is 0 Å². The Morgan fingerprint density at radius 2 is 2.07 bits per heavy atom. The fourth-order valence-corrected chi connectivity index (χ4v) is 1.59. The first-order valence-corrected chi connectivity index (χ1v) is 5.16. The Balaban J connectivity index is 2.41. The zero-order valence-electron chi connectivity index (χ0n) is 8.80. The molecule has 78 valence electrons. The molecular formula is C12H15N3. The summed E-state index contributed by atoms with van der Waals surface area (Å²) in [5.74, 6) is 0. The molecule has 0 bridgehead atoms. The molecule has 2 N–H and O–H groups in total. The third kappa shape index (κ3) is 1.92. The summed E-state index contributed by atoms with van der Waals surface area (Å²) in [5.41, 5.74) is 8.18. The van der Waals surface area contributed by atoms with Gasteiger partial charge in [-0.15, -0.1) is 0 Å². The summed E-state index contributed by atoms with van der Waals surface area (Å²) in [4.78, 5) is 4.15. The molecule has 2 aromatic rings. The minimum Gasteiger partial charge on any atom is -0.323 e. The number of benzene rings is 1. The first-order chi connectivity index (χ1) is 7.33. The van der Waals surface area contributed by atoms with E-state index < -0.39 is 0 Å². The maximum Gasteiger partial charge on any atom is 0.0994 e. The van der Waals surface area contributed by atoms with Crippen molar-refractivity contribution in [2.24, 2.45) is 5.73 Å². The number of rotatable bonds is 3. The summed E-state index contributed by atoms with van der Waals surface area (Å²) in [5, 5.41) is 0. The number of para-hydroxylation sites is 1. The lowest BCUT2D eigenvalue weighted by atomic mass is 10.2. The van der Waals surface area contributed by atoms with Gasteiger partial charge < -0.3 is 10.3 Å². The summed E-state index contributed by atoms with van der Waals surface area (Å²) in [6.07, 6.45) is 4.56. The van der Waals surface area contributed by atoms with Crippen molar-refractivity contribution in [1.82, 2.24) is 9.55 Å². The van der Waals surface area contributed by atoms with E-state index >= 15 is 0 Å². The van der Waals surface area contributed by atoms with Gasteiger partial charge in [0, 0.05) is 11.7 Å². The van der Waals surface area contributed by atoms with Gasteiger partial charge in [0.1, 0.15) is 0 Å². The topological polar surface area (TPSA) is 43.8 Å². The van der Waals surface area contributed by atoms with Gasteiger partial charge in [-0.2, -0.15) is 0 Å². The second kappa shape index (κ2) is 4.28. The van der Waals surface area contributed by atoms with Crippen molar-refractivity contribution in [3.05, 3.63) is 48.5 Å². The molecule has 1 aromatic carbocycles. The normalized spacial score (nSPS) is 12.7. The van der Waals surface area contributed by atoms with E-state index in [2.05, 4.69) is 11.9 Å². The third-order valence-electron chi connectivity index (χ3n) is 2.52. The Bertz CT molecular complexity index is 419. The number of aromatic nitrogens is 2. The lowest BCUT2D eigenvalue weighted by molar-refractivity contribution is 0.660. The third-order valence-corrected chi connectivity index (χ3v) is 2.52. The molecule has 15 heavy (non-hydrogen) atoms. The number of imidazole rings is 1. The molecule has 0 amide bonds. The van der Waals surface area contributed by atoms with E-state index in [-0.39, 0.29) is 6.04 Å². The van der Waals surface area contributed by atoms with Gasteiger partial charge in [-0.05, 0) is 18.6 Å². The van der Waals surface area contributed by atoms with Crippen molar-refractivity contribution in [3.63, 3.8) is 0 Å². The molecule has 3 nitrogen and oxygen atoms in total. The van der Waals surface area contributed by atoms with Crippen molar-refractivity contribution in [3.8, 4) is 5.69 Å². The molecule has 1 aromatic heterocycles. The van der Waals surface area contributed by atoms with E-state index in [9.17, 15) is 0 Å². The Hall–Kier alpha value is -1.61. The predicted octanol–water partition coefficient (Wildman–Crippen LogP) is 2.28. The monoisotopic (exact) mass is 201 g/mol. The van der Waals surface area contributed by atoms with E-state index in [0.29, 0.717) is 0 Å². The van der Waals surface area contributed by atoms with Gasteiger partial charge in [-0.25, -0.2) is 4.98 Å². The maximum absolute atomic E-state index is 6.02. The Morgan fingerprint density at radius 1 is 1.33 bits per heavy atom. The average Bonchev–Trinajstić information content (AvgIpc) is 2.78. The number of nitrogens with zero attached hydrogens (tertiary/aromatic N) is 2. The summed E-state index contributed by atoms with van der Waals surface area (Å²) in [6.45, 7) is 2.08. The van der Waals surface area contributed by atoms with Gasteiger partial charge in [-0.1, -0.05) is 25.1 Å². The van der Waals surface area contributed by atoms with Crippen LogP contribution in [0, 0.1) is 0 Å². The highest BCUT2D eigenvalue weighted by atomic mass is 15.1. The Morgan fingerprint density at radius 3 is 2.73 bits per heavy atom. The fourth-order valence-electron chi connectivity index (χ4n) is 1.59. The minimum absolute atomic E-state index is 0.0488. The van der Waals surface area contributed by atoms with Crippen molar-refractivity contribution >= 4 is 0 Å². The van der Waals surface area contributed by atoms with Crippen LogP contribution in [0.25, 0.3) is 5.69 Å². The number of hydrogen-bond donors (Lipinski definition) is 1. The summed E-state index contributed by atoms with van der Waals surface area (Å²) in [6, 6.07) is 10.2. The fraction of sp³-hybridized carbons (Fsp3) is 0.250. The van der Waals surface area contributed by atoms with Gasteiger partial charge in [0.25, 0.3) is 0 Å². The van der Waals surface area contributed by atoms with Crippen LogP contribution in [0.5, 0.6) is 0 Å². The van der Waals surface area contributed by atoms with Gasteiger partial charge in [0.15, 0.2) is 0 Å². The molecule has 0 radical (unpaired) electrons. The first-order valence-electron chi connectivity index (χ1n) is 5.16. The number of hydrogen-bond acceptors (Lipinski definition) is 2. The van der Waals surface area contributed by atoms with Crippen LogP contribution in [0.2, 0.25) is 0 Å². The summed E-state index contributed by atoms with van der Waals surface area (Å²) >= 11 is 0. The highest BCUT2D eigenvalue weighted by Crippen LogP contribution is 2.17. The van der Waals surface area contributed by atoms with E-state index in [1.54, 1.807) is 6.33 Å². The van der Waals surface area contributed by atoms with E-state index in [4.69, 9.17) is 5.73 Å². The van der Waals surface area contributed by atoms with Gasteiger partial charge in [0.05, 0.1) is 18.2 Å². The SMILES string of the molecule is CC[C@@H](N)c1cncn1-c1ccccc1. The molecule has 2 rings (SSSR count). The highest BCUT2D eigenvalue weighted by molar-refractivity contribution is 5.33. The van der Waals surface area contributed by atoms with Gasteiger partial charge in [-0.3, -0.25) is 0 Å². The van der Waals surface area contributed by atoms with Crippen LogP contribution in [0.15, 0.2) is 42.9 Å². The first kappa shape index (κ1) is 9.93. The molecule has 0 spiro atoms. The summed E-state index contributed by atoms with van der Waals surface area (Å²) < 4.78 is 2.04. The maximum atomic E-state index is 6.02. The lowest BCUT2D eigenvalue weighted by Crippen LogP contribution is -2.13.